The summed E-state index contributed by atoms with van der Waals surface area (Å²) in [7, 11) is 0. The molecule has 0 radical (unpaired) electrons. The Kier molecular flexibility index (Phi) is 3.09. The van der Waals surface area contributed by atoms with Crippen molar-refractivity contribution in [3.8, 4) is 0 Å². The van der Waals surface area contributed by atoms with E-state index in [1.54, 1.807) is 0 Å². The Hall–Kier alpha value is -0.340. The minimum absolute atomic E-state index is 0.0104. The summed E-state index contributed by atoms with van der Waals surface area (Å²) in [6, 6.07) is 0. The van der Waals surface area contributed by atoms with E-state index in [4.69, 9.17) is 10.2 Å². The van der Waals surface area contributed by atoms with Crippen LogP contribution in [-0.4, -0.2) is 23.4 Å². The molecule has 2 N–H and O–H groups in total. The molecule has 0 saturated heterocycles. The maximum absolute atomic E-state index is 9.13. The lowest BCUT2D eigenvalue weighted by atomic mass is 9.75. The molecule has 1 aliphatic carbocycles. The Morgan fingerprint density at radius 3 is 2.55 bits per heavy atom. The Morgan fingerprint density at radius 2 is 2.09 bits per heavy atom. The largest absolute Gasteiger partial charge is 0.396 e. The third-order valence-corrected chi connectivity index (χ3v) is 2.54. The monoisotopic (exact) mass is 156 g/mol. The number of allylic oxidation sites excluding steroid dienone is 2. The third-order valence-electron chi connectivity index (χ3n) is 2.54. The molecule has 2 nitrogen and oxygen atoms in total. The van der Waals surface area contributed by atoms with E-state index in [2.05, 4.69) is 12.2 Å². The molecule has 1 unspecified atom stereocenters. The highest BCUT2D eigenvalue weighted by atomic mass is 16.3. The van der Waals surface area contributed by atoms with Crippen LogP contribution in [0.4, 0.5) is 0 Å². The van der Waals surface area contributed by atoms with Gasteiger partial charge >= 0.3 is 0 Å². The summed E-state index contributed by atoms with van der Waals surface area (Å²) in [6.07, 6.45) is 7.96. The summed E-state index contributed by atoms with van der Waals surface area (Å²) in [5, 5.41) is 17.9. The Bertz CT molecular complexity index is 142. The minimum atomic E-state index is -0.0104. The molecule has 0 amide bonds. The van der Waals surface area contributed by atoms with Crippen LogP contribution < -0.4 is 0 Å². The first-order valence-electron chi connectivity index (χ1n) is 4.20. The van der Waals surface area contributed by atoms with Gasteiger partial charge in [-0.05, 0) is 31.1 Å². The van der Waals surface area contributed by atoms with Gasteiger partial charge < -0.3 is 10.2 Å². The fourth-order valence-electron chi connectivity index (χ4n) is 1.63. The van der Waals surface area contributed by atoms with Gasteiger partial charge in [0.1, 0.15) is 0 Å². The van der Waals surface area contributed by atoms with E-state index in [1.165, 1.54) is 0 Å². The minimum Gasteiger partial charge on any atom is -0.396 e. The van der Waals surface area contributed by atoms with Gasteiger partial charge in [-0.3, -0.25) is 0 Å². The molecule has 11 heavy (non-hydrogen) atoms. The Balaban J connectivity index is 2.51. The van der Waals surface area contributed by atoms with Crippen LogP contribution in [0.15, 0.2) is 12.2 Å². The van der Waals surface area contributed by atoms with E-state index >= 15 is 0 Å². The standard InChI is InChI=1S/C9H16O2/c10-7-6-9(8-11)4-2-1-3-5-9/h1-2,10-11H,3-8H2. The average Bonchev–Trinajstić information content (AvgIpc) is 2.07. The normalized spacial score (nSPS) is 30.7. The molecular weight excluding hydrogens is 140 g/mol. The molecule has 64 valence electrons. The van der Waals surface area contributed by atoms with Crippen LogP contribution in [0.5, 0.6) is 0 Å². The summed E-state index contributed by atoms with van der Waals surface area (Å²) in [4.78, 5) is 0. The molecule has 1 atom stereocenters. The van der Waals surface area contributed by atoms with Crippen LogP contribution in [0, 0.1) is 5.41 Å². The van der Waals surface area contributed by atoms with Crippen molar-refractivity contribution < 1.29 is 10.2 Å². The molecular formula is C9H16O2. The van der Waals surface area contributed by atoms with Crippen molar-refractivity contribution in [3.63, 3.8) is 0 Å². The van der Waals surface area contributed by atoms with Crippen LogP contribution >= 0.6 is 0 Å². The lowest BCUT2D eigenvalue weighted by Crippen LogP contribution is -2.27. The van der Waals surface area contributed by atoms with Gasteiger partial charge in [-0.1, -0.05) is 12.2 Å². The maximum atomic E-state index is 9.13. The van der Waals surface area contributed by atoms with E-state index in [9.17, 15) is 0 Å². The van der Waals surface area contributed by atoms with Crippen LogP contribution in [0.25, 0.3) is 0 Å². The smallest absolute Gasteiger partial charge is 0.0491 e. The van der Waals surface area contributed by atoms with Crippen LogP contribution in [0.2, 0.25) is 0 Å². The Morgan fingerprint density at radius 1 is 1.27 bits per heavy atom. The van der Waals surface area contributed by atoms with Gasteiger partial charge in [-0.15, -0.1) is 0 Å². The van der Waals surface area contributed by atoms with Crippen molar-refractivity contribution in [2.75, 3.05) is 13.2 Å². The van der Waals surface area contributed by atoms with Crippen molar-refractivity contribution in [3.05, 3.63) is 12.2 Å². The zero-order valence-corrected chi connectivity index (χ0v) is 6.79. The van der Waals surface area contributed by atoms with Gasteiger partial charge in [0.15, 0.2) is 0 Å². The van der Waals surface area contributed by atoms with Gasteiger partial charge in [-0.25, -0.2) is 0 Å². The molecule has 0 aliphatic heterocycles. The molecule has 0 fully saturated rings. The highest BCUT2D eigenvalue weighted by Crippen LogP contribution is 2.35. The zero-order chi connectivity index (χ0) is 8.16. The third kappa shape index (κ3) is 2.04. The van der Waals surface area contributed by atoms with Crippen molar-refractivity contribution in [2.45, 2.75) is 25.7 Å². The van der Waals surface area contributed by atoms with Crippen molar-refractivity contribution in [1.82, 2.24) is 0 Å². The first-order valence-corrected chi connectivity index (χ1v) is 4.20. The zero-order valence-electron chi connectivity index (χ0n) is 6.79. The predicted molar refractivity (Wildman–Crippen MR) is 44.2 cm³/mol. The summed E-state index contributed by atoms with van der Waals surface area (Å²) in [6.45, 7) is 0.395. The van der Waals surface area contributed by atoms with Crippen molar-refractivity contribution in [2.24, 2.45) is 5.41 Å². The van der Waals surface area contributed by atoms with E-state index in [1.807, 2.05) is 0 Å². The quantitative estimate of drug-likeness (QED) is 0.600. The van der Waals surface area contributed by atoms with Crippen LogP contribution in [0.3, 0.4) is 0 Å². The molecule has 0 aromatic rings. The van der Waals surface area contributed by atoms with E-state index in [-0.39, 0.29) is 18.6 Å². The number of rotatable bonds is 3. The first-order chi connectivity index (χ1) is 5.33. The molecule has 0 aromatic carbocycles. The van der Waals surface area contributed by atoms with E-state index < -0.39 is 0 Å². The average molecular weight is 156 g/mol. The molecule has 1 aliphatic rings. The fraction of sp³-hybridized carbons (Fsp3) is 0.778. The number of hydrogen-bond acceptors (Lipinski definition) is 2. The van der Waals surface area contributed by atoms with Crippen molar-refractivity contribution in [1.29, 1.82) is 0 Å². The second kappa shape index (κ2) is 3.88. The molecule has 0 saturated carbocycles. The molecule has 0 heterocycles. The molecule has 0 spiro atoms. The number of hydrogen-bond donors (Lipinski definition) is 2. The van der Waals surface area contributed by atoms with Gasteiger partial charge in [0.2, 0.25) is 0 Å². The molecule has 0 aromatic heterocycles. The van der Waals surface area contributed by atoms with Crippen LogP contribution in [-0.2, 0) is 0 Å². The fourth-order valence-corrected chi connectivity index (χ4v) is 1.63. The van der Waals surface area contributed by atoms with E-state index in [0.717, 1.165) is 25.7 Å². The van der Waals surface area contributed by atoms with Gasteiger partial charge in [-0.2, -0.15) is 0 Å². The number of aliphatic hydroxyl groups is 2. The van der Waals surface area contributed by atoms with Gasteiger partial charge in [0, 0.05) is 13.2 Å². The van der Waals surface area contributed by atoms with Gasteiger partial charge in [0.05, 0.1) is 0 Å². The molecule has 0 bridgehead atoms. The summed E-state index contributed by atoms with van der Waals surface area (Å²) in [5.74, 6) is 0. The van der Waals surface area contributed by atoms with Crippen molar-refractivity contribution >= 4 is 0 Å². The molecule has 1 rings (SSSR count). The Labute approximate surface area is 67.6 Å². The highest BCUT2D eigenvalue weighted by Gasteiger charge is 2.28. The van der Waals surface area contributed by atoms with Gasteiger partial charge in [0.25, 0.3) is 0 Å². The summed E-state index contributed by atoms with van der Waals surface area (Å²) < 4.78 is 0. The second-order valence-electron chi connectivity index (χ2n) is 3.35. The topological polar surface area (TPSA) is 40.5 Å². The highest BCUT2D eigenvalue weighted by molar-refractivity contribution is 4.97. The maximum Gasteiger partial charge on any atom is 0.0491 e. The SMILES string of the molecule is OCCC1(CO)CC=CCC1. The van der Waals surface area contributed by atoms with Crippen LogP contribution in [0.1, 0.15) is 25.7 Å². The lowest BCUT2D eigenvalue weighted by Gasteiger charge is -2.32. The molecule has 2 heteroatoms. The second-order valence-corrected chi connectivity index (χ2v) is 3.35. The predicted octanol–water partition coefficient (Wildman–Crippen LogP) is 1.09. The summed E-state index contributed by atoms with van der Waals surface area (Å²) in [5.41, 5.74) is -0.0104. The first kappa shape index (κ1) is 8.75. The summed E-state index contributed by atoms with van der Waals surface area (Å²) >= 11 is 0. The van der Waals surface area contributed by atoms with E-state index in [0.29, 0.717) is 0 Å². The lowest BCUT2D eigenvalue weighted by molar-refractivity contribution is 0.0814. The number of aliphatic hydroxyl groups excluding tert-OH is 2.